The Bertz CT molecular complexity index is 1260. The van der Waals surface area contributed by atoms with Crippen LogP contribution in [0.3, 0.4) is 0 Å². The van der Waals surface area contributed by atoms with Crippen LogP contribution in [0.1, 0.15) is 27.0 Å². The van der Waals surface area contributed by atoms with Crippen molar-refractivity contribution in [2.24, 2.45) is 0 Å². The van der Waals surface area contributed by atoms with E-state index in [0.29, 0.717) is 24.6 Å². The number of anilines is 1. The van der Waals surface area contributed by atoms with Gasteiger partial charge in [0.1, 0.15) is 11.6 Å². The minimum absolute atomic E-state index is 0.166. The molecular weight excluding hydrogens is 439 g/mol. The van der Waals surface area contributed by atoms with E-state index >= 15 is 0 Å². The largest absolute Gasteiger partial charge is 0.497 e. The van der Waals surface area contributed by atoms with E-state index in [9.17, 15) is 14.0 Å². The maximum atomic E-state index is 14.1. The van der Waals surface area contributed by atoms with Crippen LogP contribution < -0.4 is 9.64 Å². The number of fused-ring (bicyclic) bond motifs is 2. The van der Waals surface area contributed by atoms with Crippen molar-refractivity contribution >= 4 is 29.3 Å². The van der Waals surface area contributed by atoms with Gasteiger partial charge >= 0.3 is 0 Å². The molecule has 2 heterocycles. The summed E-state index contributed by atoms with van der Waals surface area (Å²) in [6.45, 7) is 2.81. The Hall–Kier alpha value is -3.32. The molecule has 33 heavy (non-hydrogen) atoms. The second-order valence-electron chi connectivity index (χ2n) is 8.16. The van der Waals surface area contributed by atoms with Crippen LogP contribution >= 0.6 is 11.8 Å². The standard InChI is InChI=1S/C26H23FN2O3S/c1-17-6-3-4-7-19(17)16-28-23-11-10-21(32-2)15-22(23)26(25(28)31)29(12-13-33-26)24(30)18-8-5-9-20(27)14-18/h3-11,14-15H,12-13,16H2,1-2H3/t26-/m0/s1. The molecule has 2 aliphatic heterocycles. The monoisotopic (exact) mass is 462 g/mol. The number of hydrogen-bond donors (Lipinski definition) is 0. The highest BCUT2D eigenvalue weighted by Crippen LogP contribution is 2.55. The average molecular weight is 463 g/mol. The number of benzene rings is 3. The van der Waals surface area contributed by atoms with Crippen LogP contribution in [-0.4, -0.2) is 36.1 Å². The molecule has 168 valence electrons. The van der Waals surface area contributed by atoms with Gasteiger partial charge in [0.15, 0.2) is 4.87 Å². The Labute approximate surface area is 196 Å². The molecule has 1 fully saturated rings. The van der Waals surface area contributed by atoms with Crippen molar-refractivity contribution in [1.82, 2.24) is 4.90 Å². The van der Waals surface area contributed by atoms with Crippen LogP contribution in [0, 0.1) is 12.7 Å². The van der Waals surface area contributed by atoms with Gasteiger partial charge in [0.05, 0.1) is 19.3 Å². The van der Waals surface area contributed by atoms with Gasteiger partial charge in [0.2, 0.25) is 0 Å². The molecule has 3 aromatic rings. The Morgan fingerprint density at radius 1 is 1.12 bits per heavy atom. The Balaban J connectivity index is 1.63. The quantitative estimate of drug-likeness (QED) is 0.563. The van der Waals surface area contributed by atoms with Gasteiger partial charge in [-0.05, 0) is 54.4 Å². The fourth-order valence-corrected chi connectivity index (χ4v) is 6.07. The van der Waals surface area contributed by atoms with Gasteiger partial charge in [-0.3, -0.25) is 9.59 Å². The number of methoxy groups -OCH3 is 1. The fourth-order valence-electron chi connectivity index (χ4n) is 4.61. The maximum Gasteiger partial charge on any atom is 0.268 e. The van der Waals surface area contributed by atoms with E-state index in [1.165, 1.54) is 30.0 Å². The zero-order chi connectivity index (χ0) is 23.2. The molecule has 0 bridgehead atoms. The summed E-state index contributed by atoms with van der Waals surface area (Å²) in [5.41, 5.74) is 3.85. The van der Waals surface area contributed by atoms with Crippen LogP contribution in [-0.2, 0) is 16.2 Å². The summed E-state index contributed by atoms with van der Waals surface area (Å²) < 4.78 is 19.3. The van der Waals surface area contributed by atoms with Crippen molar-refractivity contribution in [3.63, 3.8) is 0 Å². The highest BCUT2D eigenvalue weighted by atomic mass is 32.2. The molecule has 0 aromatic heterocycles. The molecule has 3 aromatic carbocycles. The van der Waals surface area contributed by atoms with Crippen molar-refractivity contribution in [2.75, 3.05) is 24.3 Å². The van der Waals surface area contributed by atoms with E-state index in [0.717, 1.165) is 22.4 Å². The number of nitrogens with zero attached hydrogens (tertiary/aromatic N) is 2. The van der Waals surface area contributed by atoms with Crippen LogP contribution in [0.15, 0.2) is 66.7 Å². The molecule has 7 heteroatoms. The average Bonchev–Trinajstić information content (AvgIpc) is 3.36. The van der Waals surface area contributed by atoms with Crippen molar-refractivity contribution in [1.29, 1.82) is 0 Å². The SMILES string of the molecule is COc1ccc2c(c1)[C@]1(SCCN1C(=O)c1cccc(F)c1)C(=O)N2Cc1ccccc1C. The number of aryl methyl sites for hydroxylation is 1. The van der Waals surface area contributed by atoms with Gasteiger partial charge in [-0.25, -0.2) is 4.39 Å². The van der Waals surface area contributed by atoms with Gasteiger partial charge in [0, 0.05) is 23.4 Å². The number of carbonyl (C=O) groups excluding carboxylic acids is 2. The first-order valence-corrected chi connectivity index (χ1v) is 11.7. The number of ether oxygens (including phenoxy) is 1. The lowest BCUT2D eigenvalue weighted by atomic mass is 10.0. The van der Waals surface area contributed by atoms with Crippen LogP contribution in [0.4, 0.5) is 10.1 Å². The van der Waals surface area contributed by atoms with E-state index < -0.39 is 10.7 Å². The number of rotatable bonds is 4. The number of halogens is 1. The molecule has 0 saturated carbocycles. The van der Waals surface area contributed by atoms with Crippen LogP contribution in [0.25, 0.3) is 0 Å². The normalized spacial score (nSPS) is 19.3. The molecular formula is C26H23FN2O3S. The van der Waals surface area contributed by atoms with Crippen molar-refractivity contribution in [3.05, 3.63) is 94.8 Å². The van der Waals surface area contributed by atoms with Gasteiger partial charge in [-0.15, -0.1) is 11.8 Å². The number of hydrogen-bond acceptors (Lipinski definition) is 4. The summed E-state index contributed by atoms with van der Waals surface area (Å²) in [4.78, 5) is 29.8. The molecule has 5 rings (SSSR count). The van der Waals surface area contributed by atoms with E-state index in [4.69, 9.17) is 4.74 Å². The van der Waals surface area contributed by atoms with Gasteiger partial charge in [0.25, 0.3) is 11.8 Å². The molecule has 1 saturated heterocycles. The Morgan fingerprint density at radius 2 is 1.94 bits per heavy atom. The van der Waals surface area contributed by atoms with Crippen LogP contribution in [0.5, 0.6) is 5.75 Å². The van der Waals surface area contributed by atoms with Gasteiger partial charge in [-0.2, -0.15) is 0 Å². The lowest BCUT2D eigenvalue weighted by Crippen LogP contribution is -2.50. The van der Waals surface area contributed by atoms with E-state index in [-0.39, 0.29) is 17.4 Å². The van der Waals surface area contributed by atoms with Gasteiger partial charge in [-0.1, -0.05) is 30.3 Å². The third-order valence-electron chi connectivity index (χ3n) is 6.31. The molecule has 1 atom stereocenters. The zero-order valence-electron chi connectivity index (χ0n) is 18.4. The van der Waals surface area contributed by atoms with Crippen molar-refractivity contribution < 1.29 is 18.7 Å². The van der Waals surface area contributed by atoms with Crippen molar-refractivity contribution in [3.8, 4) is 5.75 Å². The molecule has 0 unspecified atom stereocenters. The Morgan fingerprint density at radius 3 is 2.70 bits per heavy atom. The summed E-state index contributed by atoms with van der Waals surface area (Å²) in [5, 5.41) is 0. The smallest absolute Gasteiger partial charge is 0.268 e. The molecule has 2 amide bonds. The predicted molar refractivity (Wildman–Crippen MR) is 127 cm³/mol. The molecule has 0 aliphatic carbocycles. The lowest BCUT2D eigenvalue weighted by Gasteiger charge is -2.33. The molecule has 1 spiro atoms. The first-order chi connectivity index (χ1) is 16.0. The fraction of sp³-hybridized carbons (Fsp3) is 0.231. The second-order valence-corrected chi connectivity index (χ2v) is 9.45. The topological polar surface area (TPSA) is 49.9 Å². The van der Waals surface area contributed by atoms with E-state index in [1.807, 2.05) is 49.4 Å². The van der Waals surface area contributed by atoms with E-state index in [1.54, 1.807) is 23.0 Å². The van der Waals surface area contributed by atoms with Crippen LogP contribution in [0.2, 0.25) is 0 Å². The summed E-state index contributed by atoms with van der Waals surface area (Å²) in [5.74, 6) is 0.203. The number of thioether (sulfide) groups is 1. The highest BCUT2D eigenvalue weighted by molar-refractivity contribution is 8.01. The minimum atomic E-state index is -1.21. The minimum Gasteiger partial charge on any atom is -0.497 e. The number of carbonyl (C=O) groups is 2. The first kappa shape index (κ1) is 21.5. The summed E-state index contributed by atoms with van der Waals surface area (Å²) >= 11 is 1.44. The predicted octanol–water partition coefficient (Wildman–Crippen LogP) is 4.73. The third-order valence-corrected chi connectivity index (χ3v) is 7.73. The second kappa shape index (κ2) is 8.23. The first-order valence-electron chi connectivity index (χ1n) is 10.7. The molecule has 5 nitrogen and oxygen atoms in total. The van der Waals surface area contributed by atoms with Gasteiger partial charge < -0.3 is 14.5 Å². The maximum absolute atomic E-state index is 14.1. The summed E-state index contributed by atoms with van der Waals surface area (Å²) in [6.07, 6.45) is 0. The zero-order valence-corrected chi connectivity index (χ0v) is 19.2. The third kappa shape index (κ3) is 3.38. The Kier molecular flexibility index (Phi) is 5.37. The highest BCUT2D eigenvalue weighted by Gasteiger charge is 2.59. The lowest BCUT2D eigenvalue weighted by molar-refractivity contribution is -0.123. The van der Waals surface area contributed by atoms with Crippen molar-refractivity contribution in [2.45, 2.75) is 18.3 Å². The van der Waals surface area contributed by atoms with E-state index in [2.05, 4.69) is 0 Å². The number of amides is 2. The summed E-state index contributed by atoms with van der Waals surface area (Å²) in [6, 6.07) is 19.1. The molecule has 2 aliphatic rings. The summed E-state index contributed by atoms with van der Waals surface area (Å²) in [7, 11) is 1.58. The molecule has 0 radical (unpaired) electrons. The molecule has 0 N–H and O–H groups in total.